The van der Waals surface area contributed by atoms with E-state index in [-0.39, 0.29) is 11.8 Å². The van der Waals surface area contributed by atoms with Gasteiger partial charge in [0.1, 0.15) is 5.69 Å². The number of carbonyl (C=O) groups is 1. The summed E-state index contributed by atoms with van der Waals surface area (Å²) < 4.78 is 9.09. The van der Waals surface area contributed by atoms with Gasteiger partial charge in [0, 0.05) is 12.1 Å². The molecular formula is C7H10N2O3. The molecule has 1 rings (SSSR count). The van der Waals surface area contributed by atoms with E-state index < -0.39 is 5.97 Å². The Morgan fingerprint density at radius 2 is 2.50 bits per heavy atom. The Morgan fingerprint density at radius 1 is 1.83 bits per heavy atom. The number of hydrogen-bond donors (Lipinski definition) is 1. The second-order valence-electron chi connectivity index (χ2n) is 2.40. The van der Waals surface area contributed by atoms with E-state index in [2.05, 4.69) is 14.4 Å². The van der Waals surface area contributed by atoms with Crippen LogP contribution in [-0.2, 0) is 4.74 Å². The lowest BCUT2D eigenvalue weighted by atomic mass is 10.2. The van der Waals surface area contributed by atoms with Crippen molar-refractivity contribution in [1.82, 2.24) is 5.16 Å². The first-order chi connectivity index (χ1) is 5.65. The molecule has 0 aliphatic rings. The molecular weight excluding hydrogens is 160 g/mol. The molecule has 0 aliphatic heterocycles. The molecule has 5 nitrogen and oxygen atoms in total. The number of hydrogen-bond acceptors (Lipinski definition) is 5. The molecule has 12 heavy (non-hydrogen) atoms. The number of esters is 1. The molecule has 0 aromatic carbocycles. The summed E-state index contributed by atoms with van der Waals surface area (Å²) in [5.74, 6) is -0.473. The highest BCUT2D eigenvalue weighted by Crippen LogP contribution is 2.10. The van der Waals surface area contributed by atoms with Crippen LogP contribution < -0.4 is 5.73 Å². The van der Waals surface area contributed by atoms with Crippen LogP contribution in [0, 0.1) is 0 Å². The first-order valence-corrected chi connectivity index (χ1v) is 3.45. The van der Waals surface area contributed by atoms with Crippen molar-refractivity contribution in [2.75, 3.05) is 7.11 Å². The molecule has 0 bridgehead atoms. The van der Waals surface area contributed by atoms with Gasteiger partial charge >= 0.3 is 5.97 Å². The van der Waals surface area contributed by atoms with Crippen molar-refractivity contribution in [2.45, 2.75) is 13.0 Å². The predicted octanol–water partition coefficient (Wildman–Crippen LogP) is 0.481. The van der Waals surface area contributed by atoms with Crippen LogP contribution >= 0.6 is 0 Å². The van der Waals surface area contributed by atoms with Gasteiger partial charge in [-0.05, 0) is 6.92 Å². The standard InChI is InChI=1S/C7H10N2O3/c1-4(8)5-3-6(12-9-5)7(10)11-2/h3-4H,8H2,1-2H3. The normalized spacial score (nSPS) is 12.6. The van der Waals surface area contributed by atoms with Gasteiger partial charge in [-0.1, -0.05) is 5.16 Å². The number of carbonyl (C=O) groups excluding carboxylic acids is 1. The van der Waals surface area contributed by atoms with Crippen LogP contribution in [0.2, 0.25) is 0 Å². The number of ether oxygens (including phenoxy) is 1. The molecule has 0 amide bonds. The molecule has 0 saturated heterocycles. The van der Waals surface area contributed by atoms with Crippen molar-refractivity contribution >= 4 is 5.97 Å². The number of aromatic nitrogens is 1. The number of nitrogens with zero attached hydrogens (tertiary/aromatic N) is 1. The third kappa shape index (κ3) is 1.62. The number of nitrogens with two attached hydrogens (primary N) is 1. The van der Waals surface area contributed by atoms with Gasteiger partial charge in [0.25, 0.3) is 0 Å². The fourth-order valence-electron chi connectivity index (χ4n) is 0.700. The zero-order chi connectivity index (χ0) is 9.14. The Bertz CT molecular complexity index is 280. The highest BCUT2D eigenvalue weighted by atomic mass is 16.5. The molecule has 2 N–H and O–H groups in total. The summed E-state index contributed by atoms with van der Waals surface area (Å²) in [6, 6.07) is 1.23. The highest BCUT2D eigenvalue weighted by molar-refractivity contribution is 5.86. The fraction of sp³-hybridized carbons (Fsp3) is 0.429. The lowest BCUT2D eigenvalue weighted by Crippen LogP contribution is -2.05. The lowest BCUT2D eigenvalue weighted by molar-refractivity contribution is 0.0554. The van der Waals surface area contributed by atoms with Crippen LogP contribution in [-0.4, -0.2) is 18.2 Å². The maximum absolute atomic E-state index is 10.9. The predicted molar refractivity (Wildman–Crippen MR) is 40.4 cm³/mol. The molecule has 1 heterocycles. The molecule has 0 saturated carbocycles. The van der Waals surface area contributed by atoms with Crippen molar-refractivity contribution in [2.24, 2.45) is 5.73 Å². The Labute approximate surface area is 69.5 Å². The highest BCUT2D eigenvalue weighted by Gasteiger charge is 2.14. The summed E-state index contributed by atoms with van der Waals surface area (Å²) >= 11 is 0. The summed E-state index contributed by atoms with van der Waals surface area (Å²) in [7, 11) is 1.27. The second-order valence-corrected chi connectivity index (χ2v) is 2.40. The first-order valence-electron chi connectivity index (χ1n) is 3.45. The Morgan fingerprint density at radius 3 is 2.92 bits per heavy atom. The van der Waals surface area contributed by atoms with Gasteiger partial charge in [0.05, 0.1) is 7.11 Å². The van der Waals surface area contributed by atoms with Crippen LogP contribution in [0.4, 0.5) is 0 Å². The largest absolute Gasteiger partial charge is 0.463 e. The average molecular weight is 170 g/mol. The van der Waals surface area contributed by atoms with Crippen molar-refractivity contribution in [3.63, 3.8) is 0 Å². The van der Waals surface area contributed by atoms with E-state index in [9.17, 15) is 4.79 Å². The van der Waals surface area contributed by atoms with Crippen molar-refractivity contribution < 1.29 is 14.1 Å². The van der Waals surface area contributed by atoms with E-state index in [1.54, 1.807) is 6.92 Å². The van der Waals surface area contributed by atoms with Crippen LogP contribution in [0.25, 0.3) is 0 Å². The smallest absolute Gasteiger partial charge is 0.376 e. The van der Waals surface area contributed by atoms with Crippen LogP contribution in [0.5, 0.6) is 0 Å². The molecule has 5 heteroatoms. The van der Waals surface area contributed by atoms with Crippen LogP contribution in [0.3, 0.4) is 0 Å². The first kappa shape index (κ1) is 8.73. The zero-order valence-electron chi connectivity index (χ0n) is 6.90. The molecule has 0 radical (unpaired) electrons. The molecule has 0 aliphatic carbocycles. The second kappa shape index (κ2) is 3.36. The minimum absolute atomic E-state index is 0.0739. The van der Waals surface area contributed by atoms with Crippen LogP contribution in [0.15, 0.2) is 10.6 Å². The van der Waals surface area contributed by atoms with Crippen molar-refractivity contribution in [1.29, 1.82) is 0 Å². The Balaban J connectivity index is 2.84. The minimum Gasteiger partial charge on any atom is -0.463 e. The SMILES string of the molecule is COC(=O)c1cc(C(C)N)no1. The van der Waals surface area contributed by atoms with Crippen LogP contribution in [0.1, 0.15) is 29.2 Å². The van der Waals surface area contributed by atoms with E-state index >= 15 is 0 Å². The van der Waals surface area contributed by atoms with E-state index in [1.165, 1.54) is 13.2 Å². The average Bonchev–Trinajstić information content (AvgIpc) is 2.51. The fourth-order valence-corrected chi connectivity index (χ4v) is 0.700. The lowest BCUT2D eigenvalue weighted by Gasteiger charge is -1.94. The monoisotopic (exact) mass is 170 g/mol. The molecule has 1 unspecified atom stereocenters. The maximum Gasteiger partial charge on any atom is 0.376 e. The maximum atomic E-state index is 10.9. The summed E-state index contributed by atoms with van der Waals surface area (Å²) in [5.41, 5.74) is 6.03. The molecule has 1 atom stereocenters. The topological polar surface area (TPSA) is 78.4 Å². The van der Waals surface area contributed by atoms with Gasteiger partial charge in [0.2, 0.25) is 5.76 Å². The van der Waals surface area contributed by atoms with Gasteiger partial charge < -0.3 is 15.0 Å². The molecule has 66 valence electrons. The summed E-state index contributed by atoms with van der Waals surface area (Å²) in [5, 5.41) is 3.58. The number of rotatable bonds is 2. The van der Waals surface area contributed by atoms with E-state index in [4.69, 9.17) is 5.73 Å². The Kier molecular flexibility index (Phi) is 2.44. The Hall–Kier alpha value is -1.36. The van der Waals surface area contributed by atoms with E-state index in [0.29, 0.717) is 5.69 Å². The van der Waals surface area contributed by atoms with Crippen molar-refractivity contribution in [3.05, 3.63) is 17.5 Å². The summed E-state index contributed by atoms with van der Waals surface area (Å²) in [6.07, 6.45) is 0. The summed E-state index contributed by atoms with van der Waals surface area (Å²) in [6.45, 7) is 1.75. The van der Waals surface area contributed by atoms with E-state index in [0.717, 1.165) is 0 Å². The van der Waals surface area contributed by atoms with E-state index in [1.807, 2.05) is 0 Å². The zero-order valence-corrected chi connectivity index (χ0v) is 6.90. The van der Waals surface area contributed by atoms with Crippen molar-refractivity contribution in [3.8, 4) is 0 Å². The molecule has 1 aromatic heterocycles. The quantitative estimate of drug-likeness (QED) is 0.653. The van der Waals surface area contributed by atoms with Gasteiger partial charge in [-0.25, -0.2) is 4.79 Å². The van der Waals surface area contributed by atoms with Gasteiger partial charge in [-0.15, -0.1) is 0 Å². The summed E-state index contributed by atoms with van der Waals surface area (Å²) in [4.78, 5) is 10.9. The van der Waals surface area contributed by atoms with Gasteiger partial charge in [-0.3, -0.25) is 0 Å². The van der Waals surface area contributed by atoms with Gasteiger partial charge in [-0.2, -0.15) is 0 Å². The molecule has 0 spiro atoms. The van der Waals surface area contributed by atoms with Gasteiger partial charge in [0.15, 0.2) is 0 Å². The third-order valence-electron chi connectivity index (χ3n) is 1.38. The molecule has 0 fully saturated rings. The number of methoxy groups -OCH3 is 1. The molecule has 1 aromatic rings. The minimum atomic E-state index is -0.547. The third-order valence-corrected chi connectivity index (χ3v) is 1.38.